The molecule has 0 aromatic heterocycles. The summed E-state index contributed by atoms with van der Waals surface area (Å²) >= 11 is 11.9. The maximum atomic E-state index is 12.4. The largest absolute Gasteiger partial charge is 0.423 e. The summed E-state index contributed by atoms with van der Waals surface area (Å²) in [5, 5.41) is 0.763. The van der Waals surface area contributed by atoms with Crippen LogP contribution in [0.1, 0.15) is 79.6 Å². The molecule has 2 fully saturated rings. The van der Waals surface area contributed by atoms with Gasteiger partial charge in [-0.2, -0.15) is 0 Å². The van der Waals surface area contributed by atoms with Gasteiger partial charge in [-0.15, -0.1) is 6.58 Å². The standard InChI is InChI=1S/C28H32Cl2O2/c1-2-3-19-4-6-20(7-5-19)21-8-10-22(11-9-21)23-12-15-25(16-13-23)32-28(31)24-14-17-26(29)27(30)18-24/h2,12-22H,1,3-11H2/t19-,20-,21-,22-. The van der Waals surface area contributed by atoms with E-state index in [9.17, 15) is 4.79 Å². The molecule has 4 heteroatoms. The van der Waals surface area contributed by atoms with Crippen molar-refractivity contribution in [3.63, 3.8) is 0 Å². The van der Waals surface area contributed by atoms with E-state index in [1.807, 2.05) is 12.1 Å². The molecule has 0 radical (unpaired) electrons. The molecule has 2 aromatic rings. The van der Waals surface area contributed by atoms with E-state index in [-0.39, 0.29) is 0 Å². The van der Waals surface area contributed by atoms with Crippen molar-refractivity contribution in [2.75, 3.05) is 0 Å². The highest BCUT2D eigenvalue weighted by Gasteiger charge is 2.31. The number of ether oxygens (including phenoxy) is 1. The Morgan fingerprint density at radius 2 is 1.50 bits per heavy atom. The normalized spacial score (nSPS) is 25.8. The highest BCUT2D eigenvalue weighted by molar-refractivity contribution is 6.42. The number of hydrogen-bond acceptors (Lipinski definition) is 2. The van der Waals surface area contributed by atoms with Crippen LogP contribution in [0.2, 0.25) is 10.0 Å². The monoisotopic (exact) mass is 470 g/mol. The first-order chi connectivity index (χ1) is 15.5. The van der Waals surface area contributed by atoms with Crippen molar-refractivity contribution in [3.05, 3.63) is 76.3 Å². The zero-order valence-corrected chi connectivity index (χ0v) is 20.1. The first-order valence-corrected chi connectivity index (χ1v) is 12.7. The molecular weight excluding hydrogens is 439 g/mol. The molecule has 4 rings (SSSR count). The zero-order chi connectivity index (χ0) is 22.5. The molecule has 170 valence electrons. The second-order valence-corrected chi connectivity index (χ2v) is 10.3. The minimum atomic E-state index is -0.431. The Morgan fingerprint density at radius 3 is 2.09 bits per heavy atom. The molecule has 2 aromatic carbocycles. The molecule has 0 atom stereocenters. The number of halogens is 2. The third-order valence-electron chi connectivity index (χ3n) is 7.55. The van der Waals surface area contributed by atoms with E-state index in [0.29, 0.717) is 27.3 Å². The molecule has 2 aliphatic rings. The summed E-state index contributed by atoms with van der Waals surface area (Å²) in [6.07, 6.45) is 14.1. The van der Waals surface area contributed by atoms with Crippen molar-refractivity contribution in [2.45, 2.75) is 63.7 Å². The van der Waals surface area contributed by atoms with Gasteiger partial charge in [0.1, 0.15) is 5.75 Å². The maximum absolute atomic E-state index is 12.4. The molecule has 0 amide bonds. The smallest absolute Gasteiger partial charge is 0.343 e. The lowest BCUT2D eigenvalue weighted by molar-refractivity contribution is 0.0734. The van der Waals surface area contributed by atoms with E-state index in [1.54, 1.807) is 12.1 Å². The van der Waals surface area contributed by atoms with Crippen molar-refractivity contribution in [1.29, 1.82) is 0 Å². The maximum Gasteiger partial charge on any atom is 0.343 e. The van der Waals surface area contributed by atoms with E-state index in [1.165, 1.54) is 69.4 Å². The SMILES string of the molecule is C=CC[C@H]1CC[C@H]([C@H]2CC[C@H](c3ccc(OC(=O)c4ccc(Cl)c(Cl)c4)cc3)CC2)CC1. The van der Waals surface area contributed by atoms with Gasteiger partial charge in [0, 0.05) is 0 Å². The summed E-state index contributed by atoms with van der Waals surface area (Å²) < 4.78 is 5.51. The van der Waals surface area contributed by atoms with Crippen LogP contribution >= 0.6 is 23.2 Å². The predicted molar refractivity (Wildman–Crippen MR) is 133 cm³/mol. The van der Waals surface area contributed by atoms with Gasteiger partial charge in [0.05, 0.1) is 15.6 Å². The zero-order valence-electron chi connectivity index (χ0n) is 18.6. The van der Waals surface area contributed by atoms with E-state index in [2.05, 4.69) is 24.8 Å². The molecule has 2 aliphatic carbocycles. The molecule has 0 aliphatic heterocycles. The van der Waals surface area contributed by atoms with Crippen molar-refractivity contribution in [3.8, 4) is 5.75 Å². The lowest BCUT2D eigenvalue weighted by atomic mass is 9.68. The van der Waals surface area contributed by atoms with Gasteiger partial charge in [-0.1, -0.05) is 41.4 Å². The van der Waals surface area contributed by atoms with E-state index >= 15 is 0 Å². The summed E-state index contributed by atoms with van der Waals surface area (Å²) in [7, 11) is 0. The Kier molecular flexibility index (Phi) is 7.97. The Bertz CT molecular complexity index is 921. The summed E-state index contributed by atoms with van der Waals surface area (Å²) in [5.41, 5.74) is 1.74. The fourth-order valence-electron chi connectivity index (χ4n) is 5.65. The second-order valence-electron chi connectivity index (χ2n) is 9.50. The third-order valence-corrected chi connectivity index (χ3v) is 8.29. The van der Waals surface area contributed by atoms with Crippen LogP contribution < -0.4 is 4.74 Å². The van der Waals surface area contributed by atoms with Gasteiger partial charge >= 0.3 is 5.97 Å². The number of allylic oxidation sites excluding steroid dienone is 1. The number of rotatable bonds is 6. The van der Waals surface area contributed by atoms with E-state index in [4.69, 9.17) is 27.9 Å². The lowest BCUT2D eigenvalue weighted by Gasteiger charge is -2.38. The fourth-order valence-corrected chi connectivity index (χ4v) is 5.95. The quantitative estimate of drug-likeness (QED) is 0.239. The molecule has 0 spiro atoms. The fraction of sp³-hybridized carbons (Fsp3) is 0.464. The van der Waals surface area contributed by atoms with Crippen molar-refractivity contribution in [2.24, 2.45) is 17.8 Å². The summed E-state index contributed by atoms with van der Waals surface area (Å²) in [6, 6.07) is 12.8. The van der Waals surface area contributed by atoms with Gasteiger partial charge in [0.25, 0.3) is 0 Å². The predicted octanol–water partition coefficient (Wildman–Crippen LogP) is 8.87. The molecule has 0 saturated heterocycles. The summed E-state index contributed by atoms with van der Waals surface area (Å²) in [4.78, 5) is 12.4. The van der Waals surface area contributed by atoms with Crippen LogP contribution in [0.3, 0.4) is 0 Å². The Balaban J connectivity index is 1.27. The number of benzene rings is 2. The van der Waals surface area contributed by atoms with E-state index in [0.717, 1.165) is 17.8 Å². The molecular formula is C28H32Cl2O2. The van der Waals surface area contributed by atoms with E-state index < -0.39 is 5.97 Å². The average molecular weight is 471 g/mol. The average Bonchev–Trinajstić information content (AvgIpc) is 2.82. The van der Waals surface area contributed by atoms with Crippen molar-refractivity contribution >= 4 is 29.2 Å². The minimum Gasteiger partial charge on any atom is -0.423 e. The van der Waals surface area contributed by atoms with Crippen LogP contribution in [0.15, 0.2) is 55.1 Å². The minimum absolute atomic E-state index is 0.344. The van der Waals surface area contributed by atoms with Gasteiger partial charge in [0.15, 0.2) is 0 Å². The topological polar surface area (TPSA) is 26.3 Å². The van der Waals surface area contributed by atoms with Gasteiger partial charge in [-0.05, 0) is 117 Å². The van der Waals surface area contributed by atoms with Crippen LogP contribution in [0, 0.1) is 17.8 Å². The van der Waals surface area contributed by atoms with Crippen LogP contribution in [-0.4, -0.2) is 5.97 Å². The van der Waals surface area contributed by atoms with Crippen LogP contribution in [0.25, 0.3) is 0 Å². The molecule has 2 saturated carbocycles. The Hall–Kier alpha value is -1.77. The number of carbonyl (C=O) groups excluding carboxylic acids is 1. The molecule has 0 unspecified atom stereocenters. The Labute approximate surface area is 202 Å². The Morgan fingerprint density at radius 1 is 0.875 bits per heavy atom. The second kappa shape index (κ2) is 10.9. The van der Waals surface area contributed by atoms with Crippen LogP contribution in [0.4, 0.5) is 0 Å². The van der Waals surface area contributed by atoms with Crippen LogP contribution in [-0.2, 0) is 0 Å². The number of esters is 1. The molecule has 2 nitrogen and oxygen atoms in total. The van der Waals surface area contributed by atoms with Gasteiger partial charge in [0.2, 0.25) is 0 Å². The number of hydrogen-bond donors (Lipinski definition) is 0. The first-order valence-electron chi connectivity index (χ1n) is 11.9. The number of carbonyl (C=O) groups is 1. The molecule has 0 N–H and O–H groups in total. The van der Waals surface area contributed by atoms with Crippen molar-refractivity contribution < 1.29 is 9.53 Å². The van der Waals surface area contributed by atoms with Crippen LogP contribution in [0.5, 0.6) is 5.75 Å². The first kappa shape index (κ1) is 23.4. The summed E-state index contributed by atoms with van der Waals surface area (Å²) in [6.45, 7) is 3.91. The molecule has 0 heterocycles. The highest BCUT2D eigenvalue weighted by atomic mass is 35.5. The van der Waals surface area contributed by atoms with Crippen molar-refractivity contribution in [1.82, 2.24) is 0 Å². The van der Waals surface area contributed by atoms with Gasteiger partial charge in [-0.25, -0.2) is 4.79 Å². The third kappa shape index (κ3) is 5.77. The van der Waals surface area contributed by atoms with Gasteiger partial charge < -0.3 is 4.74 Å². The molecule has 32 heavy (non-hydrogen) atoms. The molecule has 0 bridgehead atoms. The highest BCUT2D eigenvalue weighted by Crippen LogP contribution is 2.44. The lowest BCUT2D eigenvalue weighted by Crippen LogP contribution is -2.25. The summed E-state index contributed by atoms with van der Waals surface area (Å²) in [5.74, 6) is 3.45. The van der Waals surface area contributed by atoms with Gasteiger partial charge in [-0.3, -0.25) is 0 Å².